The summed E-state index contributed by atoms with van der Waals surface area (Å²) in [7, 11) is 0. The molecule has 0 spiro atoms. The van der Waals surface area contributed by atoms with E-state index in [9.17, 15) is 0 Å². The molecule has 0 aromatic carbocycles. The molecule has 0 aliphatic carbocycles. The van der Waals surface area contributed by atoms with Crippen LogP contribution in [0.4, 0.5) is 0 Å². The summed E-state index contributed by atoms with van der Waals surface area (Å²) < 4.78 is 6.92. The number of aryl methyl sites for hydroxylation is 3. The summed E-state index contributed by atoms with van der Waals surface area (Å²) in [6, 6.07) is 1.98. The van der Waals surface area contributed by atoms with Crippen LogP contribution >= 0.6 is 11.8 Å². The van der Waals surface area contributed by atoms with E-state index < -0.39 is 0 Å². The third-order valence-corrected chi connectivity index (χ3v) is 3.49. The van der Waals surface area contributed by atoms with Gasteiger partial charge >= 0.3 is 0 Å². The number of thioether (sulfide) groups is 1. The van der Waals surface area contributed by atoms with E-state index in [2.05, 4.69) is 20.1 Å². The maximum absolute atomic E-state index is 5.16. The Balaban J connectivity index is 1.83. The minimum atomic E-state index is 0.635. The van der Waals surface area contributed by atoms with Gasteiger partial charge in [0.2, 0.25) is 5.16 Å². The summed E-state index contributed by atoms with van der Waals surface area (Å²) >= 11 is 1.52. The normalized spacial score (nSPS) is 11.3. The van der Waals surface area contributed by atoms with Crippen molar-refractivity contribution in [2.45, 2.75) is 31.7 Å². The van der Waals surface area contributed by atoms with Gasteiger partial charge in [0.25, 0.3) is 5.78 Å². The minimum Gasteiger partial charge on any atom is -0.449 e. The van der Waals surface area contributed by atoms with Gasteiger partial charge in [-0.2, -0.15) is 4.98 Å². The van der Waals surface area contributed by atoms with E-state index in [1.165, 1.54) is 11.8 Å². The van der Waals surface area contributed by atoms with Gasteiger partial charge in [0.05, 0.1) is 5.69 Å². The van der Waals surface area contributed by atoms with E-state index in [0.717, 1.165) is 17.1 Å². The van der Waals surface area contributed by atoms with E-state index >= 15 is 0 Å². The molecule has 0 amide bonds. The zero-order valence-corrected chi connectivity index (χ0v) is 11.7. The first-order valence-corrected chi connectivity index (χ1v) is 6.85. The molecule has 6 nitrogen and oxygen atoms in total. The summed E-state index contributed by atoms with van der Waals surface area (Å²) in [5.41, 5.74) is 2.86. The maximum Gasteiger partial charge on any atom is 0.253 e. The van der Waals surface area contributed by atoms with Crippen LogP contribution in [0.15, 0.2) is 21.9 Å². The van der Waals surface area contributed by atoms with Crippen molar-refractivity contribution in [1.82, 2.24) is 24.6 Å². The lowest BCUT2D eigenvalue weighted by Crippen LogP contribution is -1.97. The second kappa shape index (κ2) is 4.65. The lowest BCUT2D eigenvalue weighted by Gasteiger charge is -1.97. The Morgan fingerprint density at radius 3 is 2.79 bits per heavy atom. The number of fused-ring (bicyclic) bond motifs is 1. The van der Waals surface area contributed by atoms with Gasteiger partial charge in [0.15, 0.2) is 5.89 Å². The van der Waals surface area contributed by atoms with Crippen molar-refractivity contribution in [3.63, 3.8) is 0 Å². The highest BCUT2D eigenvalue weighted by molar-refractivity contribution is 7.98. The summed E-state index contributed by atoms with van der Waals surface area (Å²) in [5.74, 6) is 2.00. The first kappa shape index (κ1) is 12.2. The highest BCUT2D eigenvalue weighted by Crippen LogP contribution is 2.20. The Bertz CT molecular complexity index is 733. The second-order valence-corrected chi connectivity index (χ2v) is 5.23. The molecule has 3 rings (SSSR count). The maximum atomic E-state index is 5.16. The van der Waals surface area contributed by atoms with Crippen LogP contribution in [0.2, 0.25) is 0 Å². The third kappa shape index (κ3) is 2.46. The van der Waals surface area contributed by atoms with E-state index in [-0.39, 0.29) is 0 Å². The van der Waals surface area contributed by atoms with Crippen LogP contribution in [-0.4, -0.2) is 24.6 Å². The molecule has 0 aliphatic heterocycles. The number of nitrogens with zero attached hydrogens (tertiary/aromatic N) is 5. The van der Waals surface area contributed by atoms with E-state index in [0.29, 0.717) is 22.6 Å². The molecule has 3 aromatic heterocycles. The van der Waals surface area contributed by atoms with Gasteiger partial charge in [-0.15, -0.1) is 5.10 Å². The molecule has 0 atom stereocenters. The molecule has 0 saturated carbocycles. The highest BCUT2D eigenvalue weighted by Gasteiger charge is 2.09. The van der Waals surface area contributed by atoms with Crippen LogP contribution in [-0.2, 0) is 5.75 Å². The average molecular weight is 275 g/mol. The number of rotatable bonds is 3. The molecule has 0 bridgehead atoms. The van der Waals surface area contributed by atoms with Crippen LogP contribution in [0.25, 0.3) is 5.78 Å². The number of hydrogen-bond donors (Lipinski definition) is 0. The first-order chi connectivity index (χ1) is 9.11. The fraction of sp³-hybridized carbons (Fsp3) is 0.333. The van der Waals surface area contributed by atoms with Gasteiger partial charge in [-0.3, -0.25) is 0 Å². The molecule has 19 heavy (non-hydrogen) atoms. The Labute approximate surface area is 114 Å². The van der Waals surface area contributed by atoms with Crippen LogP contribution in [0.3, 0.4) is 0 Å². The van der Waals surface area contributed by atoms with Gasteiger partial charge in [0, 0.05) is 24.1 Å². The van der Waals surface area contributed by atoms with Crippen LogP contribution in [0.5, 0.6) is 0 Å². The Morgan fingerprint density at radius 2 is 2.05 bits per heavy atom. The average Bonchev–Trinajstić information content (AvgIpc) is 2.92. The minimum absolute atomic E-state index is 0.635. The predicted octanol–water partition coefficient (Wildman–Crippen LogP) is 2.33. The van der Waals surface area contributed by atoms with Crippen molar-refractivity contribution in [2.75, 3.05) is 0 Å². The molecular weight excluding hydrogens is 262 g/mol. The van der Waals surface area contributed by atoms with Crippen LogP contribution in [0.1, 0.15) is 23.0 Å². The quantitative estimate of drug-likeness (QED) is 0.683. The van der Waals surface area contributed by atoms with Gasteiger partial charge in [-0.1, -0.05) is 11.8 Å². The summed E-state index contributed by atoms with van der Waals surface area (Å²) in [6.45, 7) is 5.77. The SMILES string of the molecule is Cc1cc(C)n2nc(SCc3coc(C)n3)nc2n1. The van der Waals surface area contributed by atoms with Crippen molar-refractivity contribution in [2.24, 2.45) is 0 Å². The first-order valence-electron chi connectivity index (χ1n) is 5.86. The van der Waals surface area contributed by atoms with Crippen molar-refractivity contribution in [3.8, 4) is 0 Å². The zero-order valence-electron chi connectivity index (χ0n) is 10.9. The van der Waals surface area contributed by atoms with Crippen molar-refractivity contribution in [1.29, 1.82) is 0 Å². The van der Waals surface area contributed by atoms with Crippen molar-refractivity contribution >= 4 is 17.5 Å². The second-order valence-electron chi connectivity index (χ2n) is 4.29. The Kier molecular flexibility index (Phi) is 2.98. The molecule has 0 fully saturated rings. The lowest BCUT2D eigenvalue weighted by atomic mass is 10.4. The van der Waals surface area contributed by atoms with Gasteiger partial charge in [-0.05, 0) is 19.9 Å². The Morgan fingerprint density at radius 1 is 1.21 bits per heavy atom. The van der Waals surface area contributed by atoms with E-state index in [1.807, 2.05) is 26.8 Å². The molecule has 98 valence electrons. The number of oxazole rings is 1. The topological polar surface area (TPSA) is 69.1 Å². The van der Waals surface area contributed by atoms with Gasteiger partial charge in [0.1, 0.15) is 6.26 Å². The molecular formula is C12H13N5OS. The summed E-state index contributed by atoms with van der Waals surface area (Å²) in [4.78, 5) is 13.0. The number of aromatic nitrogens is 5. The molecule has 3 heterocycles. The fourth-order valence-electron chi connectivity index (χ4n) is 1.82. The lowest BCUT2D eigenvalue weighted by molar-refractivity contribution is 0.521. The van der Waals surface area contributed by atoms with Gasteiger partial charge < -0.3 is 4.42 Å². The molecule has 0 saturated heterocycles. The molecule has 0 aliphatic rings. The largest absolute Gasteiger partial charge is 0.449 e. The van der Waals surface area contributed by atoms with Crippen molar-refractivity contribution < 1.29 is 4.42 Å². The zero-order chi connectivity index (χ0) is 13.4. The monoisotopic (exact) mass is 275 g/mol. The smallest absolute Gasteiger partial charge is 0.253 e. The third-order valence-electron chi connectivity index (χ3n) is 2.61. The van der Waals surface area contributed by atoms with Crippen molar-refractivity contribution in [3.05, 3.63) is 35.3 Å². The molecule has 7 heteroatoms. The number of hydrogen-bond acceptors (Lipinski definition) is 6. The van der Waals surface area contributed by atoms with Gasteiger partial charge in [-0.25, -0.2) is 14.5 Å². The van der Waals surface area contributed by atoms with Crippen LogP contribution in [0, 0.1) is 20.8 Å². The standard InChI is InChI=1S/C12H13N5OS/c1-7-4-8(2)17-11(13-7)15-12(16-17)19-6-10-5-18-9(3)14-10/h4-5H,6H2,1-3H3. The van der Waals surface area contributed by atoms with E-state index in [1.54, 1.807) is 10.8 Å². The predicted molar refractivity (Wildman–Crippen MR) is 71.1 cm³/mol. The van der Waals surface area contributed by atoms with E-state index in [4.69, 9.17) is 4.42 Å². The molecule has 3 aromatic rings. The molecule has 0 unspecified atom stereocenters. The Hall–Kier alpha value is -1.89. The molecule has 0 radical (unpaired) electrons. The highest BCUT2D eigenvalue weighted by atomic mass is 32.2. The summed E-state index contributed by atoms with van der Waals surface area (Å²) in [5, 5.41) is 5.12. The summed E-state index contributed by atoms with van der Waals surface area (Å²) in [6.07, 6.45) is 1.66. The molecule has 0 N–H and O–H groups in total. The van der Waals surface area contributed by atoms with Crippen LogP contribution < -0.4 is 0 Å². The fourth-order valence-corrected chi connectivity index (χ4v) is 2.52.